The second kappa shape index (κ2) is 15.6. The minimum atomic E-state index is 0.167. The molecule has 0 aliphatic rings. The van der Waals surface area contributed by atoms with E-state index in [0.717, 1.165) is 29.1 Å². The Balaban J connectivity index is 2.48. The van der Waals surface area contributed by atoms with Crippen LogP contribution >= 0.6 is 31.9 Å². The summed E-state index contributed by atoms with van der Waals surface area (Å²) in [5, 5.41) is 2.18. The minimum absolute atomic E-state index is 0.167. The molecule has 1 aromatic rings. The minimum Gasteiger partial charge on any atom is -0.294 e. The van der Waals surface area contributed by atoms with E-state index in [1.54, 1.807) is 6.08 Å². The summed E-state index contributed by atoms with van der Waals surface area (Å²) in [5.41, 5.74) is 2.55. The normalized spacial score (nSPS) is 11.0. The molecule has 0 aliphatic carbocycles. The highest BCUT2D eigenvalue weighted by Gasteiger charge is 2.00. The van der Waals surface area contributed by atoms with Crippen LogP contribution in [0.1, 0.15) is 56.9 Å². The van der Waals surface area contributed by atoms with E-state index in [1.165, 1.54) is 44.1 Å². The van der Waals surface area contributed by atoms with Gasteiger partial charge in [-0.1, -0.05) is 92.8 Å². The van der Waals surface area contributed by atoms with Crippen molar-refractivity contribution >= 4 is 37.6 Å². The number of hydrogen-bond acceptors (Lipinski definition) is 1. The van der Waals surface area contributed by atoms with Crippen LogP contribution in [0.25, 0.3) is 0 Å². The van der Waals surface area contributed by atoms with Gasteiger partial charge in [-0.15, -0.1) is 0 Å². The van der Waals surface area contributed by atoms with Crippen molar-refractivity contribution in [2.75, 3.05) is 10.7 Å². The molecule has 0 saturated heterocycles. The van der Waals surface area contributed by atoms with Crippen molar-refractivity contribution in [1.29, 1.82) is 0 Å². The lowest BCUT2D eigenvalue weighted by Crippen LogP contribution is -1.97. The zero-order valence-corrected chi connectivity index (χ0v) is 18.2. The van der Waals surface area contributed by atoms with Gasteiger partial charge >= 0.3 is 0 Å². The molecule has 0 aliphatic heterocycles. The van der Waals surface area contributed by atoms with E-state index < -0.39 is 0 Å². The van der Waals surface area contributed by atoms with Crippen molar-refractivity contribution in [3.05, 3.63) is 59.7 Å². The lowest BCUT2D eigenvalue weighted by Gasteiger charge is -2.06. The van der Waals surface area contributed by atoms with Gasteiger partial charge in [-0.3, -0.25) is 4.79 Å². The third-order valence-electron chi connectivity index (χ3n) is 4.10. The molecule has 0 heterocycles. The Kier molecular flexibility index (Phi) is 13.9. The molecular weight excluding hydrogens is 440 g/mol. The molecule has 0 radical (unpaired) electrons. The van der Waals surface area contributed by atoms with E-state index in [9.17, 15) is 4.79 Å². The number of halogens is 2. The molecule has 1 nitrogen and oxygen atoms in total. The maximum Gasteiger partial charge on any atom is 0.160 e. The van der Waals surface area contributed by atoms with E-state index in [0.29, 0.717) is 6.42 Å². The highest BCUT2D eigenvalue weighted by molar-refractivity contribution is 9.09. The second-order valence-corrected chi connectivity index (χ2v) is 7.90. The number of unbranched alkanes of at least 4 members (excludes halogenated alkanes) is 4. The molecule has 0 bridgehead atoms. The molecule has 138 valence electrons. The third kappa shape index (κ3) is 12.3. The molecule has 0 unspecified atom stereocenters. The van der Waals surface area contributed by atoms with Crippen LogP contribution in [0.5, 0.6) is 0 Å². The SMILES string of the molecule is O=C(/C=C/C=C(CCCCCBr)CCCCCBr)Cc1ccccc1. The summed E-state index contributed by atoms with van der Waals surface area (Å²) in [6.45, 7) is 0. The summed E-state index contributed by atoms with van der Waals surface area (Å²) in [7, 11) is 0. The summed E-state index contributed by atoms with van der Waals surface area (Å²) >= 11 is 6.99. The molecule has 0 aromatic heterocycles. The zero-order chi connectivity index (χ0) is 18.2. The fourth-order valence-corrected chi connectivity index (χ4v) is 3.48. The van der Waals surface area contributed by atoms with Crippen LogP contribution in [0, 0.1) is 0 Å². The number of allylic oxidation sites excluding steroid dienone is 4. The van der Waals surface area contributed by atoms with Gasteiger partial charge in [0.1, 0.15) is 0 Å². The van der Waals surface area contributed by atoms with Gasteiger partial charge in [-0.2, -0.15) is 0 Å². The van der Waals surface area contributed by atoms with Gasteiger partial charge < -0.3 is 0 Å². The van der Waals surface area contributed by atoms with E-state index in [-0.39, 0.29) is 5.78 Å². The van der Waals surface area contributed by atoms with Crippen LogP contribution in [-0.2, 0) is 11.2 Å². The van der Waals surface area contributed by atoms with Crippen molar-refractivity contribution in [1.82, 2.24) is 0 Å². The number of ketones is 1. The van der Waals surface area contributed by atoms with Crippen molar-refractivity contribution in [3.8, 4) is 0 Å². The highest BCUT2D eigenvalue weighted by atomic mass is 79.9. The van der Waals surface area contributed by atoms with Crippen LogP contribution in [0.3, 0.4) is 0 Å². The number of benzene rings is 1. The molecular formula is C22H30Br2O. The summed E-state index contributed by atoms with van der Waals surface area (Å²) < 4.78 is 0. The van der Waals surface area contributed by atoms with Crippen molar-refractivity contribution in [2.45, 2.75) is 57.8 Å². The molecule has 3 heteroatoms. The van der Waals surface area contributed by atoms with Crippen molar-refractivity contribution < 1.29 is 4.79 Å². The topological polar surface area (TPSA) is 17.1 Å². The zero-order valence-electron chi connectivity index (χ0n) is 15.1. The number of rotatable bonds is 14. The number of alkyl halides is 2. The van der Waals surface area contributed by atoms with Crippen LogP contribution in [0.2, 0.25) is 0 Å². The number of carbonyl (C=O) groups is 1. The molecule has 1 aromatic carbocycles. The van der Waals surface area contributed by atoms with Crippen LogP contribution in [0.15, 0.2) is 54.1 Å². The Hall–Kier alpha value is -0.670. The molecule has 1 rings (SSSR count). The third-order valence-corrected chi connectivity index (χ3v) is 5.22. The van der Waals surface area contributed by atoms with E-state index in [2.05, 4.69) is 37.9 Å². The number of carbonyl (C=O) groups excluding carboxylic acids is 1. The lowest BCUT2D eigenvalue weighted by atomic mass is 10.0. The first-order valence-corrected chi connectivity index (χ1v) is 11.6. The first-order chi connectivity index (χ1) is 12.3. The first kappa shape index (κ1) is 22.4. The lowest BCUT2D eigenvalue weighted by molar-refractivity contribution is -0.114. The fourth-order valence-electron chi connectivity index (χ4n) is 2.69. The molecule has 0 N–H and O–H groups in total. The Morgan fingerprint density at radius 1 is 0.840 bits per heavy atom. The van der Waals surface area contributed by atoms with Gasteiger partial charge in [0.2, 0.25) is 0 Å². The van der Waals surface area contributed by atoms with Gasteiger partial charge in [0.05, 0.1) is 0 Å². The molecule has 0 spiro atoms. The Bertz CT molecular complexity index is 506. The molecule has 25 heavy (non-hydrogen) atoms. The fraction of sp³-hybridized carbons (Fsp3) is 0.500. The maximum atomic E-state index is 12.1. The van der Waals surface area contributed by atoms with Crippen molar-refractivity contribution in [2.24, 2.45) is 0 Å². The average molecular weight is 470 g/mol. The van der Waals surface area contributed by atoms with Crippen LogP contribution < -0.4 is 0 Å². The van der Waals surface area contributed by atoms with Gasteiger partial charge in [0.25, 0.3) is 0 Å². The van der Waals surface area contributed by atoms with Gasteiger partial charge in [-0.25, -0.2) is 0 Å². The average Bonchev–Trinajstić information content (AvgIpc) is 2.62. The van der Waals surface area contributed by atoms with Crippen molar-refractivity contribution in [3.63, 3.8) is 0 Å². The first-order valence-electron chi connectivity index (χ1n) is 9.31. The Labute approximate surface area is 170 Å². The maximum absolute atomic E-state index is 12.1. The quantitative estimate of drug-likeness (QED) is 0.122. The number of hydrogen-bond donors (Lipinski definition) is 0. The summed E-state index contributed by atoms with van der Waals surface area (Å²) in [4.78, 5) is 12.1. The van der Waals surface area contributed by atoms with E-state index in [4.69, 9.17) is 0 Å². The monoisotopic (exact) mass is 468 g/mol. The summed E-state index contributed by atoms with van der Waals surface area (Å²) in [6, 6.07) is 9.93. The Morgan fingerprint density at radius 3 is 2.00 bits per heavy atom. The van der Waals surface area contributed by atoms with Gasteiger partial charge in [0.15, 0.2) is 5.78 Å². The molecule has 0 saturated carbocycles. The smallest absolute Gasteiger partial charge is 0.160 e. The highest BCUT2D eigenvalue weighted by Crippen LogP contribution is 2.17. The predicted octanol–water partition coefficient (Wildman–Crippen LogP) is 7.19. The standard InChI is InChI=1S/C22H30Br2O/c23-17-8-2-6-11-20(12-7-3-9-18-24)15-10-16-22(25)19-21-13-4-1-5-14-21/h1,4-5,10,13-16H,2-3,6-9,11-12,17-19H2/b16-10+. The molecule has 0 amide bonds. The van der Waals surface area contributed by atoms with E-state index >= 15 is 0 Å². The van der Waals surface area contributed by atoms with Crippen LogP contribution in [0.4, 0.5) is 0 Å². The molecule has 0 fully saturated rings. The largest absolute Gasteiger partial charge is 0.294 e. The summed E-state index contributed by atoms with van der Waals surface area (Å²) in [5.74, 6) is 0.167. The predicted molar refractivity (Wildman–Crippen MR) is 117 cm³/mol. The second-order valence-electron chi connectivity index (χ2n) is 6.31. The van der Waals surface area contributed by atoms with E-state index in [1.807, 2.05) is 36.4 Å². The van der Waals surface area contributed by atoms with Crippen LogP contribution in [-0.4, -0.2) is 16.4 Å². The Morgan fingerprint density at radius 2 is 1.44 bits per heavy atom. The van der Waals surface area contributed by atoms with Gasteiger partial charge in [0, 0.05) is 17.1 Å². The van der Waals surface area contributed by atoms with Gasteiger partial charge in [-0.05, 0) is 50.2 Å². The summed E-state index contributed by atoms with van der Waals surface area (Å²) in [6.07, 6.45) is 16.1. The molecule has 0 atom stereocenters.